The molecule has 0 aliphatic rings. The van der Waals surface area contributed by atoms with Gasteiger partial charge in [-0.2, -0.15) is 0 Å². The molecule has 0 bridgehead atoms. The number of carboxylic acid groups (broad SMARTS) is 1. The van der Waals surface area contributed by atoms with Crippen LogP contribution in [0.5, 0.6) is 5.75 Å². The highest BCUT2D eigenvalue weighted by Gasteiger charge is 2.33. The van der Waals surface area contributed by atoms with E-state index in [1.807, 2.05) is 0 Å². The third-order valence-corrected chi connectivity index (χ3v) is 2.35. The Kier molecular flexibility index (Phi) is 5.17. The molecule has 0 spiro atoms. The maximum atomic E-state index is 12.3. The monoisotopic (exact) mass is 277 g/mol. The number of ether oxygens (including phenoxy) is 1. The lowest BCUT2D eigenvalue weighted by atomic mass is 10.0. The molecule has 2 N–H and O–H groups in total. The molecular weight excluding hydrogens is 263 g/mol. The molecule has 1 aromatic carbocycles. The highest BCUT2D eigenvalue weighted by molar-refractivity contribution is 5.68. The van der Waals surface area contributed by atoms with Crippen molar-refractivity contribution in [1.82, 2.24) is 5.32 Å². The van der Waals surface area contributed by atoms with Crippen molar-refractivity contribution in [3.8, 4) is 5.75 Å². The Morgan fingerprint density at radius 3 is 2.58 bits per heavy atom. The number of nitrogens with one attached hydrogen (secondary N) is 1. The number of para-hydroxylation sites is 1. The number of halogens is 3. The van der Waals surface area contributed by atoms with Gasteiger partial charge in [0.15, 0.2) is 0 Å². The van der Waals surface area contributed by atoms with Gasteiger partial charge in [-0.15, -0.1) is 13.2 Å². The minimum atomic E-state index is -4.81. The van der Waals surface area contributed by atoms with Gasteiger partial charge in [0.05, 0.1) is 6.42 Å². The Hall–Kier alpha value is -1.76. The van der Waals surface area contributed by atoms with Gasteiger partial charge in [-0.1, -0.05) is 25.1 Å². The molecule has 0 aromatic heterocycles. The van der Waals surface area contributed by atoms with E-state index in [2.05, 4.69) is 10.1 Å². The fourth-order valence-electron chi connectivity index (χ4n) is 1.70. The first-order valence-corrected chi connectivity index (χ1v) is 5.63. The summed E-state index contributed by atoms with van der Waals surface area (Å²) in [5, 5.41) is 11.6. The van der Waals surface area contributed by atoms with Crippen molar-refractivity contribution in [2.45, 2.75) is 25.7 Å². The molecule has 0 fully saturated rings. The van der Waals surface area contributed by atoms with Crippen LogP contribution in [-0.4, -0.2) is 24.0 Å². The van der Waals surface area contributed by atoms with E-state index in [9.17, 15) is 18.0 Å². The van der Waals surface area contributed by atoms with E-state index < -0.39 is 18.4 Å². The maximum absolute atomic E-state index is 12.3. The van der Waals surface area contributed by atoms with Gasteiger partial charge >= 0.3 is 12.3 Å². The molecule has 1 aromatic rings. The first kappa shape index (κ1) is 15.3. The summed E-state index contributed by atoms with van der Waals surface area (Å²) in [5.74, 6) is -1.49. The number of aliphatic carboxylic acids is 1. The van der Waals surface area contributed by atoms with Crippen LogP contribution in [0.1, 0.15) is 24.9 Å². The molecular formula is C12H14F3NO3. The summed E-state index contributed by atoms with van der Waals surface area (Å²) in [7, 11) is 0. The fraction of sp³-hybridized carbons (Fsp3) is 0.417. The lowest BCUT2D eigenvalue weighted by Gasteiger charge is -2.20. The number of carboxylic acids is 1. The van der Waals surface area contributed by atoms with Gasteiger partial charge in [0.2, 0.25) is 0 Å². The average Bonchev–Trinajstić information content (AvgIpc) is 2.26. The second-order valence-corrected chi connectivity index (χ2v) is 3.79. The number of hydrogen-bond acceptors (Lipinski definition) is 3. The normalized spacial score (nSPS) is 13.1. The van der Waals surface area contributed by atoms with E-state index in [4.69, 9.17) is 5.11 Å². The van der Waals surface area contributed by atoms with Crippen molar-refractivity contribution in [2.75, 3.05) is 6.54 Å². The van der Waals surface area contributed by atoms with Gasteiger partial charge in [0.1, 0.15) is 5.75 Å². The molecule has 0 amide bonds. The van der Waals surface area contributed by atoms with Crippen molar-refractivity contribution < 1.29 is 27.8 Å². The van der Waals surface area contributed by atoms with E-state index in [0.29, 0.717) is 6.54 Å². The van der Waals surface area contributed by atoms with E-state index in [0.717, 1.165) is 6.07 Å². The number of rotatable bonds is 6. The summed E-state index contributed by atoms with van der Waals surface area (Å²) in [6, 6.07) is 4.77. The zero-order valence-electron chi connectivity index (χ0n) is 10.2. The van der Waals surface area contributed by atoms with Crippen molar-refractivity contribution in [3.05, 3.63) is 29.8 Å². The molecule has 0 saturated heterocycles. The summed E-state index contributed by atoms with van der Waals surface area (Å²) in [4.78, 5) is 10.8. The molecule has 0 heterocycles. The Labute approximate surface area is 108 Å². The quantitative estimate of drug-likeness (QED) is 0.839. The third-order valence-electron chi connectivity index (χ3n) is 2.35. The Bertz CT molecular complexity index is 434. The largest absolute Gasteiger partial charge is 0.573 e. The summed E-state index contributed by atoms with van der Waals surface area (Å²) < 4.78 is 40.7. The van der Waals surface area contributed by atoms with Gasteiger partial charge < -0.3 is 15.2 Å². The van der Waals surface area contributed by atoms with Crippen molar-refractivity contribution in [1.29, 1.82) is 0 Å². The lowest BCUT2D eigenvalue weighted by molar-refractivity contribution is -0.275. The van der Waals surface area contributed by atoms with E-state index >= 15 is 0 Å². The first-order valence-electron chi connectivity index (χ1n) is 5.63. The minimum absolute atomic E-state index is 0.170. The molecule has 1 rings (SSSR count). The maximum Gasteiger partial charge on any atom is 0.573 e. The summed E-state index contributed by atoms with van der Waals surface area (Å²) in [5.41, 5.74) is 0.170. The van der Waals surface area contributed by atoms with Crippen molar-refractivity contribution in [3.63, 3.8) is 0 Å². The topological polar surface area (TPSA) is 58.6 Å². The van der Waals surface area contributed by atoms with E-state index in [1.165, 1.54) is 18.2 Å². The Morgan fingerprint density at radius 2 is 2.05 bits per heavy atom. The van der Waals surface area contributed by atoms with Gasteiger partial charge in [0, 0.05) is 11.6 Å². The number of carbonyl (C=O) groups is 1. The Morgan fingerprint density at radius 1 is 1.42 bits per heavy atom. The number of hydrogen-bond donors (Lipinski definition) is 2. The molecule has 0 radical (unpaired) electrons. The van der Waals surface area contributed by atoms with Crippen LogP contribution >= 0.6 is 0 Å². The number of alkyl halides is 3. The summed E-state index contributed by atoms with van der Waals surface area (Å²) >= 11 is 0. The molecule has 19 heavy (non-hydrogen) atoms. The summed E-state index contributed by atoms with van der Waals surface area (Å²) in [6.07, 6.45) is -5.14. The van der Waals surface area contributed by atoms with Gasteiger partial charge in [0.25, 0.3) is 0 Å². The van der Waals surface area contributed by atoms with Gasteiger partial charge in [-0.25, -0.2) is 0 Å². The average molecular weight is 277 g/mol. The summed E-state index contributed by atoms with van der Waals surface area (Å²) in [6.45, 7) is 2.17. The molecule has 1 unspecified atom stereocenters. The molecule has 0 saturated carbocycles. The van der Waals surface area contributed by atoms with E-state index in [-0.39, 0.29) is 17.7 Å². The van der Waals surface area contributed by atoms with Crippen LogP contribution in [0.15, 0.2) is 24.3 Å². The second kappa shape index (κ2) is 6.42. The Balaban J connectivity index is 3.04. The van der Waals surface area contributed by atoms with E-state index in [1.54, 1.807) is 6.92 Å². The van der Waals surface area contributed by atoms with Crippen LogP contribution in [0, 0.1) is 0 Å². The highest BCUT2D eigenvalue weighted by atomic mass is 19.4. The van der Waals surface area contributed by atoms with Crippen LogP contribution in [0.2, 0.25) is 0 Å². The second-order valence-electron chi connectivity index (χ2n) is 3.79. The molecule has 7 heteroatoms. The molecule has 0 aliphatic carbocycles. The van der Waals surface area contributed by atoms with Crippen molar-refractivity contribution >= 4 is 5.97 Å². The first-order chi connectivity index (χ1) is 8.83. The van der Waals surface area contributed by atoms with Gasteiger partial charge in [-0.3, -0.25) is 4.79 Å². The van der Waals surface area contributed by atoms with Crippen LogP contribution in [0.25, 0.3) is 0 Å². The molecule has 4 nitrogen and oxygen atoms in total. The molecule has 106 valence electrons. The standard InChI is InChI=1S/C12H14F3NO3/c1-2-16-9(7-11(17)18)8-5-3-4-6-10(8)19-12(13,14)15/h3-6,9,16H,2,7H2,1H3,(H,17,18). The lowest BCUT2D eigenvalue weighted by Crippen LogP contribution is -2.25. The highest BCUT2D eigenvalue weighted by Crippen LogP contribution is 2.31. The number of benzene rings is 1. The van der Waals surface area contributed by atoms with Crippen LogP contribution in [0.4, 0.5) is 13.2 Å². The fourth-order valence-corrected chi connectivity index (χ4v) is 1.70. The third kappa shape index (κ3) is 5.17. The zero-order valence-corrected chi connectivity index (χ0v) is 10.2. The predicted molar refractivity (Wildman–Crippen MR) is 61.8 cm³/mol. The smallest absolute Gasteiger partial charge is 0.481 e. The van der Waals surface area contributed by atoms with Crippen molar-refractivity contribution in [2.24, 2.45) is 0 Å². The van der Waals surface area contributed by atoms with Gasteiger partial charge in [-0.05, 0) is 12.6 Å². The molecule has 1 atom stereocenters. The minimum Gasteiger partial charge on any atom is -0.481 e. The van der Waals surface area contributed by atoms with Crippen LogP contribution < -0.4 is 10.1 Å². The van der Waals surface area contributed by atoms with Crippen LogP contribution in [0.3, 0.4) is 0 Å². The zero-order chi connectivity index (χ0) is 14.5. The van der Waals surface area contributed by atoms with Crippen LogP contribution in [-0.2, 0) is 4.79 Å². The SMILES string of the molecule is CCNC(CC(=O)O)c1ccccc1OC(F)(F)F. The predicted octanol–water partition coefficient (Wildman–Crippen LogP) is 2.71. The molecule has 0 aliphatic heterocycles.